The van der Waals surface area contributed by atoms with E-state index in [9.17, 15) is 0 Å². The average molecular weight is 273 g/mol. The lowest BCUT2D eigenvalue weighted by Crippen LogP contribution is -2.25. The maximum atomic E-state index is 4.51. The molecule has 1 atom stereocenters. The van der Waals surface area contributed by atoms with Crippen molar-refractivity contribution in [3.05, 3.63) is 29.6 Å². The third-order valence-corrected chi connectivity index (χ3v) is 4.08. The van der Waals surface area contributed by atoms with Crippen molar-refractivity contribution in [2.75, 3.05) is 6.54 Å². The average Bonchev–Trinajstić information content (AvgIpc) is 2.78. The molecule has 20 heavy (non-hydrogen) atoms. The highest BCUT2D eigenvalue weighted by atomic mass is 15.0. The zero-order valence-corrected chi connectivity index (χ0v) is 13.2. The van der Waals surface area contributed by atoms with E-state index in [4.69, 9.17) is 0 Å². The first-order valence-electron chi connectivity index (χ1n) is 7.77. The molecule has 1 aromatic heterocycles. The molecule has 3 nitrogen and oxygen atoms in total. The van der Waals surface area contributed by atoms with Gasteiger partial charge in [0.15, 0.2) is 0 Å². The van der Waals surface area contributed by atoms with Crippen LogP contribution in [0.3, 0.4) is 0 Å². The number of hydrogen-bond donors (Lipinski definition) is 1. The van der Waals surface area contributed by atoms with Gasteiger partial charge in [-0.2, -0.15) is 0 Å². The summed E-state index contributed by atoms with van der Waals surface area (Å²) in [6.45, 7) is 10.9. The lowest BCUT2D eigenvalue weighted by molar-refractivity contribution is 0.487. The molecular formula is C17H27N3. The number of aromatic nitrogens is 2. The highest BCUT2D eigenvalue weighted by Gasteiger charge is 2.05. The number of rotatable bonds is 7. The van der Waals surface area contributed by atoms with Crippen molar-refractivity contribution in [3.63, 3.8) is 0 Å². The van der Waals surface area contributed by atoms with Gasteiger partial charge in [0, 0.05) is 12.6 Å². The predicted molar refractivity (Wildman–Crippen MR) is 86.2 cm³/mol. The molecule has 0 amide bonds. The van der Waals surface area contributed by atoms with E-state index in [0.29, 0.717) is 6.04 Å². The maximum absolute atomic E-state index is 4.51. The first kappa shape index (κ1) is 15.0. The lowest BCUT2D eigenvalue weighted by Gasteiger charge is -2.12. The summed E-state index contributed by atoms with van der Waals surface area (Å²) < 4.78 is 2.29. The topological polar surface area (TPSA) is 29.9 Å². The number of nitrogens with zero attached hydrogens (tertiary/aromatic N) is 2. The second-order valence-electron chi connectivity index (χ2n) is 5.82. The lowest BCUT2D eigenvalue weighted by atomic mass is 10.1. The number of fused-ring (bicyclic) bond motifs is 1. The molecule has 2 aromatic rings. The summed E-state index contributed by atoms with van der Waals surface area (Å²) in [5.41, 5.74) is 5.06. The summed E-state index contributed by atoms with van der Waals surface area (Å²) in [6.07, 6.45) is 5.71. The molecule has 0 fully saturated rings. The van der Waals surface area contributed by atoms with Gasteiger partial charge in [-0.25, -0.2) is 4.98 Å². The van der Waals surface area contributed by atoms with Crippen molar-refractivity contribution in [1.82, 2.24) is 14.9 Å². The van der Waals surface area contributed by atoms with Crippen LogP contribution in [0.1, 0.15) is 44.2 Å². The number of unbranched alkanes of at least 4 members (excludes halogenated alkanes) is 1. The van der Waals surface area contributed by atoms with Gasteiger partial charge in [0.2, 0.25) is 0 Å². The molecule has 0 aliphatic rings. The summed E-state index contributed by atoms with van der Waals surface area (Å²) in [5.74, 6) is 0. The van der Waals surface area contributed by atoms with Crippen molar-refractivity contribution in [2.24, 2.45) is 0 Å². The minimum absolute atomic E-state index is 0.629. The Bertz CT molecular complexity index is 557. The minimum atomic E-state index is 0.629. The van der Waals surface area contributed by atoms with Crippen molar-refractivity contribution < 1.29 is 0 Å². The zero-order valence-electron chi connectivity index (χ0n) is 13.2. The molecule has 0 radical (unpaired) electrons. The van der Waals surface area contributed by atoms with Gasteiger partial charge >= 0.3 is 0 Å². The SMILES string of the molecule is CCNC(C)CCCCn1cnc2cc(C)c(C)cc21. The Morgan fingerprint density at radius 3 is 2.70 bits per heavy atom. The standard InChI is InChI=1S/C17H27N3/c1-5-18-15(4)8-6-7-9-20-12-19-16-10-13(2)14(3)11-17(16)20/h10-12,15,18H,5-9H2,1-4H3. The van der Waals surface area contributed by atoms with Crippen LogP contribution < -0.4 is 5.32 Å². The van der Waals surface area contributed by atoms with Gasteiger partial charge in [0.25, 0.3) is 0 Å². The van der Waals surface area contributed by atoms with Crippen LogP contribution in [0.15, 0.2) is 18.5 Å². The van der Waals surface area contributed by atoms with Crippen LogP contribution in [0.2, 0.25) is 0 Å². The van der Waals surface area contributed by atoms with E-state index in [1.165, 1.54) is 35.9 Å². The Balaban J connectivity index is 1.92. The molecule has 110 valence electrons. The Morgan fingerprint density at radius 2 is 1.95 bits per heavy atom. The van der Waals surface area contributed by atoms with E-state index >= 15 is 0 Å². The first-order valence-corrected chi connectivity index (χ1v) is 7.77. The molecule has 1 unspecified atom stereocenters. The largest absolute Gasteiger partial charge is 0.331 e. The smallest absolute Gasteiger partial charge is 0.0958 e. The van der Waals surface area contributed by atoms with Crippen LogP contribution >= 0.6 is 0 Å². The van der Waals surface area contributed by atoms with E-state index in [-0.39, 0.29) is 0 Å². The third kappa shape index (κ3) is 3.60. The summed E-state index contributed by atoms with van der Waals surface area (Å²) in [7, 11) is 0. The summed E-state index contributed by atoms with van der Waals surface area (Å²) in [4.78, 5) is 4.51. The quantitative estimate of drug-likeness (QED) is 0.777. The Hall–Kier alpha value is -1.35. The van der Waals surface area contributed by atoms with Gasteiger partial charge in [-0.1, -0.05) is 13.3 Å². The molecule has 0 spiro atoms. The molecule has 0 aliphatic carbocycles. The normalized spacial score (nSPS) is 13.0. The van der Waals surface area contributed by atoms with E-state index in [2.05, 4.69) is 54.7 Å². The zero-order chi connectivity index (χ0) is 14.5. The van der Waals surface area contributed by atoms with Crippen LogP contribution in [0.4, 0.5) is 0 Å². The Morgan fingerprint density at radius 1 is 1.20 bits per heavy atom. The summed E-state index contributed by atoms with van der Waals surface area (Å²) in [6, 6.07) is 5.08. The molecule has 0 bridgehead atoms. The molecule has 3 heteroatoms. The number of aryl methyl sites for hydroxylation is 3. The van der Waals surface area contributed by atoms with E-state index < -0.39 is 0 Å². The highest BCUT2D eigenvalue weighted by molar-refractivity contribution is 5.77. The van der Waals surface area contributed by atoms with Crippen molar-refractivity contribution in [2.45, 2.75) is 59.5 Å². The second kappa shape index (κ2) is 6.89. The minimum Gasteiger partial charge on any atom is -0.331 e. The van der Waals surface area contributed by atoms with Crippen LogP contribution in [-0.4, -0.2) is 22.1 Å². The van der Waals surface area contributed by atoms with Gasteiger partial charge in [-0.05, 0) is 63.4 Å². The fraction of sp³-hybridized carbons (Fsp3) is 0.588. The fourth-order valence-electron chi connectivity index (χ4n) is 2.67. The Kier molecular flexibility index (Phi) is 5.18. The fourth-order valence-corrected chi connectivity index (χ4v) is 2.67. The Labute approximate surface area is 122 Å². The van der Waals surface area contributed by atoms with Crippen molar-refractivity contribution in [1.29, 1.82) is 0 Å². The van der Waals surface area contributed by atoms with Gasteiger partial charge in [-0.15, -0.1) is 0 Å². The van der Waals surface area contributed by atoms with Crippen LogP contribution in [0.5, 0.6) is 0 Å². The highest BCUT2D eigenvalue weighted by Crippen LogP contribution is 2.19. The van der Waals surface area contributed by atoms with Crippen LogP contribution in [0.25, 0.3) is 11.0 Å². The predicted octanol–water partition coefficient (Wildman–Crippen LogP) is 3.82. The second-order valence-corrected chi connectivity index (χ2v) is 5.82. The number of benzene rings is 1. The maximum Gasteiger partial charge on any atom is 0.0958 e. The van der Waals surface area contributed by atoms with Crippen molar-refractivity contribution >= 4 is 11.0 Å². The molecule has 2 rings (SSSR count). The van der Waals surface area contributed by atoms with Gasteiger partial charge < -0.3 is 9.88 Å². The molecule has 1 aromatic carbocycles. The van der Waals surface area contributed by atoms with Gasteiger partial charge in [0.1, 0.15) is 0 Å². The molecule has 0 saturated heterocycles. The van der Waals surface area contributed by atoms with E-state index in [1.54, 1.807) is 0 Å². The third-order valence-electron chi connectivity index (χ3n) is 4.08. The summed E-state index contributed by atoms with van der Waals surface area (Å²) >= 11 is 0. The molecule has 1 heterocycles. The summed E-state index contributed by atoms with van der Waals surface area (Å²) in [5, 5.41) is 3.46. The molecule has 0 aliphatic heterocycles. The van der Waals surface area contributed by atoms with E-state index in [1.807, 2.05) is 6.33 Å². The number of hydrogen-bond acceptors (Lipinski definition) is 2. The van der Waals surface area contributed by atoms with Crippen molar-refractivity contribution in [3.8, 4) is 0 Å². The monoisotopic (exact) mass is 273 g/mol. The number of imidazole rings is 1. The van der Waals surface area contributed by atoms with Crippen LogP contribution in [-0.2, 0) is 6.54 Å². The first-order chi connectivity index (χ1) is 9.61. The van der Waals surface area contributed by atoms with Gasteiger partial charge in [0.05, 0.1) is 17.4 Å². The van der Waals surface area contributed by atoms with E-state index in [0.717, 1.165) is 18.6 Å². The molecular weight excluding hydrogens is 246 g/mol. The molecule has 0 saturated carbocycles. The van der Waals surface area contributed by atoms with Gasteiger partial charge in [-0.3, -0.25) is 0 Å². The van der Waals surface area contributed by atoms with Crippen LogP contribution in [0, 0.1) is 13.8 Å². The number of nitrogens with one attached hydrogen (secondary N) is 1. The molecule has 1 N–H and O–H groups in total.